The van der Waals surface area contributed by atoms with Crippen LogP contribution in [-0.2, 0) is 11.3 Å². The van der Waals surface area contributed by atoms with Crippen LogP contribution in [0.2, 0.25) is 0 Å². The third-order valence-corrected chi connectivity index (χ3v) is 4.04. The van der Waals surface area contributed by atoms with Gasteiger partial charge in [0, 0.05) is 58.0 Å². The van der Waals surface area contributed by atoms with Crippen LogP contribution < -0.4 is 16.0 Å². The second-order valence-corrected chi connectivity index (χ2v) is 7.91. The Morgan fingerprint density at radius 2 is 1.93 bits per heavy atom. The number of halogens is 1. The molecule has 0 radical (unpaired) electrons. The molecule has 0 spiro atoms. The summed E-state index contributed by atoms with van der Waals surface area (Å²) in [6, 6.07) is 7.64. The molecule has 0 saturated carbocycles. The maximum atomic E-state index is 12.3. The fourth-order valence-electron chi connectivity index (χ4n) is 2.60. The Morgan fingerprint density at radius 1 is 1.21 bits per heavy atom. The maximum Gasteiger partial charge on any atom is 0.251 e. The predicted molar refractivity (Wildman–Crippen MR) is 131 cm³/mol. The summed E-state index contributed by atoms with van der Waals surface area (Å²) in [7, 11) is 5.58. The van der Waals surface area contributed by atoms with Gasteiger partial charge in [0.2, 0.25) is 0 Å². The minimum atomic E-state index is -0.256. The smallest absolute Gasteiger partial charge is 0.251 e. The van der Waals surface area contributed by atoms with Crippen LogP contribution in [0.4, 0.5) is 0 Å². The van der Waals surface area contributed by atoms with Gasteiger partial charge in [-0.25, -0.2) is 0 Å². The lowest BCUT2D eigenvalue weighted by molar-refractivity contribution is 0.0919. The summed E-state index contributed by atoms with van der Waals surface area (Å²) < 4.78 is 5.08. The number of aliphatic imine (C=N–C) groups is 1. The Kier molecular flexibility index (Phi) is 13.9. The van der Waals surface area contributed by atoms with Gasteiger partial charge in [0.05, 0.1) is 0 Å². The number of nitrogens with zero attached hydrogens (tertiary/aromatic N) is 2. The Balaban J connectivity index is 0.00000784. The number of hydrogen-bond acceptors (Lipinski definition) is 4. The molecule has 0 heterocycles. The molecule has 0 atom stereocenters. The quantitative estimate of drug-likeness (QED) is 0.192. The van der Waals surface area contributed by atoms with E-state index in [1.54, 1.807) is 14.2 Å². The molecule has 0 aromatic heterocycles. The van der Waals surface area contributed by atoms with Crippen molar-refractivity contribution in [3.8, 4) is 0 Å². The second kappa shape index (κ2) is 14.6. The number of carbonyl (C=O) groups excluding carboxylic acids is 1. The molecule has 0 fully saturated rings. The van der Waals surface area contributed by atoms with Crippen molar-refractivity contribution in [1.29, 1.82) is 0 Å². The molecule has 0 aliphatic rings. The SMILES string of the molecule is CN=C(NCCN(C)CCCOC)NCc1cccc(C(=O)NC(C)(C)C)c1.I. The first kappa shape index (κ1) is 27.6. The number of guanidine groups is 1. The van der Waals surface area contributed by atoms with Crippen molar-refractivity contribution in [2.45, 2.75) is 39.3 Å². The monoisotopic (exact) mass is 519 g/mol. The third kappa shape index (κ3) is 12.7. The highest BCUT2D eigenvalue weighted by atomic mass is 127. The summed E-state index contributed by atoms with van der Waals surface area (Å²) in [6.07, 6.45) is 1.03. The van der Waals surface area contributed by atoms with Gasteiger partial charge in [-0.1, -0.05) is 12.1 Å². The highest BCUT2D eigenvalue weighted by Gasteiger charge is 2.15. The summed E-state index contributed by atoms with van der Waals surface area (Å²) in [5, 5.41) is 9.60. The van der Waals surface area contributed by atoms with Gasteiger partial charge in [-0.15, -0.1) is 24.0 Å². The zero-order chi connectivity index (χ0) is 21.0. The third-order valence-electron chi connectivity index (χ3n) is 4.04. The minimum absolute atomic E-state index is 0. The van der Waals surface area contributed by atoms with E-state index in [1.807, 2.05) is 45.0 Å². The molecule has 29 heavy (non-hydrogen) atoms. The minimum Gasteiger partial charge on any atom is -0.385 e. The van der Waals surface area contributed by atoms with Crippen LogP contribution >= 0.6 is 24.0 Å². The highest BCUT2D eigenvalue weighted by Crippen LogP contribution is 2.08. The van der Waals surface area contributed by atoms with E-state index >= 15 is 0 Å². The van der Waals surface area contributed by atoms with E-state index in [2.05, 4.69) is 32.9 Å². The van der Waals surface area contributed by atoms with E-state index in [4.69, 9.17) is 4.74 Å². The molecular weight excluding hydrogens is 481 g/mol. The van der Waals surface area contributed by atoms with Gasteiger partial charge < -0.3 is 25.6 Å². The van der Waals surface area contributed by atoms with Crippen LogP contribution in [0.25, 0.3) is 0 Å². The van der Waals surface area contributed by atoms with Crippen molar-refractivity contribution in [1.82, 2.24) is 20.9 Å². The number of benzene rings is 1. The number of ether oxygens (including phenoxy) is 1. The van der Waals surface area contributed by atoms with E-state index in [9.17, 15) is 4.79 Å². The fourth-order valence-corrected chi connectivity index (χ4v) is 2.60. The average Bonchev–Trinajstić information content (AvgIpc) is 2.63. The average molecular weight is 519 g/mol. The lowest BCUT2D eigenvalue weighted by atomic mass is 10.1. The van der Waals surface area contributed by atoms with Crippen molar-refractivity contribution in [2.75, 3.05) is 47.4 Å². The van der Waals surface area contributed by atoms with Crippen LogP contribution in [0.3, 0.4) is 0 Å². The molecule has 7 nitrogen and oxygen atoms in total. The number of carbonyl (C=O) groups is 1. The normalized spacial score (nSPS) is 11.8. The molecule has 0 bridgehead atoms. The molecule has 0 aliphatic heterocycles. The largest absolute Gasteiger partial charge is 0.385 e. The Bertz CT molecular complexity index is 632. The van der Waals surface area contributed by atoms with Gasteiger partial charge in [0.15, 0.2) is 5.96 Å². The topological polar surface area (TPSA) is 78.0 Å². The van der Waals surface area contributed by atoms with E-state index in [0.29, 0.717) is 12.1 Å². The Morgan fingerprint density at radius 3 is 2.55 bits per heavy atom. The summed E-state index contributed by atoms with van der Waals surface area (Å²) >= 11 is 0. The maximum absolute atomic E-state index is 12.3. The number of amides is 1. The van der Waals surface area contributed by atoms with Crippen molar-refractivity contribution in [3.05, 3.63) is 35.4 Å². The highest BCUT2D eigenvalue weighted by molar-refractivity contribution is 14.0. The van der Waals surface area contributed by atoms with Crippen molar-refractivity contribution in [2.24, 2.45) is 4.99 Å². The summed E-state index contributed by atoms with van der Waals surface area (Å²) in [4.78, 5) is 18.8. The van der Waals surface area contributed by atoms with Gasteiger partial charge in [-0.2, -0.15) is 0 Å². The Hall–Kier alpha value is -1.39. The van der Waals surface area contributed by atoms with Gasteiger partial charge in [-0.3, -0.25) is 9.79 Å². The van der Waals surface area contributed by atoms with Crippen LogP contribution in [0.15, 0.2) is 29.3 Å². The van der Waals surface area contributed by atoms with Crippen LogP contribution in [0.1, 0.15) is 43.1 Å². The number of rotatable bonds is 10. The van der Waals surface area contributed by atoms with Crippen molar-refractivity contribution < 1.29 is 9.53 Å². The zero-order valence-electron chi connectivity index (χ0n) is 18.7. The molecule has 1 aromatic rings. The van der Waals surface area contributed by atoms with E-state index in [-0.39, 0.29) is 35.4 Å². The summed E-state index contributed by atoms with van der Waals surface area (Å²) in [5.74, 6) is 0.684. The molecule has 1 rings (SSSR count). The van der Waals surface area contributed by atoms with E-state index < -0.39 is 0 Å². The first-order valence-electron chi connectivity index (χ1n) is 9.78. The molecule has 0 unspecified atom stereocenters. The van der Waals surface area contributed by atoms with Gasteiger partial charge in [0.1, 0.15) is 0 Å². The van der Waals surface area contributed by atoms with Crippen molar-refractivity contribution in [3.63, 3.8) is 0 Å². The predicted octanol–water partition coefficient (Wildman–Crippen LogP) is 2.47. The molecule has 1 amide bonds. The van der Waals surface area contributed by atoms with Gasteiger partial charge in [-0.05, 0) is 51.9 Å². The fraction of sp³-hybridized carbons (Fsp3) is 0.619. The number of hydrogen-bond donors (Lipinski definition) is 3. The Labute approximate surface area is 193 Å². The standard InChI is InChI=1S/C21H37N5O2.HI/c1-21(2,3)25-19(27)18-10-7-9-17(15-18)16-24-20(22-4)23-11-13-26(5)12-8-14-28-6;/h7,9-10,15H,8,11-14,16H2,1-6H3,(H,25,27)(H2,22,23,24);1H. The zero-order valence-corrected chi connectivity index (χ0v) is 21.0. The number of likely N-dealkylation sites (N-methyl/N-ethyl adjacent to an activating group) is 1. The number of nitrogens with one attached hydrogen (secondary N) is 3. The van der Waals surface area contributed by atoms with Crippen LogP contribution in [0, 0.1) is 0 Å². The lowest BCUT2D eigenvalue weighted by Gasteiger charge is -2.20. The second-order valence-electron chi connectivity index (χ2n) is 7.91. The molecule has 8 heteroatoms. The first-order chi connectivity index (χ1) is 13.2. The van der Waals surface area contributed by atoms with Crippen molar-refractivity contribution >= 4 is 35.8 Å². The molecule has 1 aromatic carbocycles. The van der Waals surface area contributed by atoms with Gasteiger partial charge in [0.25, 0.3) is 5.91 Å². The number of methoxy groups -OCH3 is 1. The van der Waals surface area contributed by atoms with Crippen LogP contribution in [0.5, 0.6) is 0 Å². The molecular formula is C21H38IN5O2. The molecule has 166 valence electrons. The van der Waals surface area contributed by atoms with Crippen LogP contribution in [-0.4, -0.2) is 69.8 Å². The van der Waals surface area contributed by atoms with Gasteiger partial charge >= 0.3 is 0 Å². The van der Waals surface area contributed by atoms with E-state index in [0.717, 1.165) is 44.2 Å². The van der Waals surface area contributed by atoms with E-state index in [1.165, 1.54) is 0 Å². The lowest BCUT2D eigenvalue weighted by Crippen LogP contribution is -2.41. The molecule has 0 aliphatic carbocycles. The summed E-state index contributed by atoms with van der Waals surface area (Å²) in [6.45, 7) is 10.0. The first-order valence-corrected chi connectivity index (χ1v) is 9.78. The molecule has 0 saturated heterocycles. The molecule has 3 N–H and O–H groups in total. The summed E-state index contributed by atoms with van der Waals surface area (Å²) in [5.41, 5.74) is 1.43.